The fourth-order valence-corrected chi connectivity index (χ4v) is 10.4. The molecule has 0 spiro atoms. The van der Waals surface area contributed by atoms with Crippen molar-refractivity contribution in [2.75, 3.05) is 33.2 Å². The number of carbonyl (C=O) groups excluding carboxylic acids is 5. The molecule has 0 unspecified atom stereocenters. The molecule has 4 N–H and O–H groups in total. The first-order valence-corrected chi connectivity index (χ1v) is 23.9. The monoisotopic (exact) mass is 926 g/mol. The molecule has 16 nitrogen and oxygen atoms in total. The lowest BCUT2D eigenvalue weighted by atomic mass is 9.81. The molecule has 3 fully saturated rings. The second kappa shape index (κ2) is 24.4. The second-order valence-electron chi connectivity index (χ2n) is 19.4. The zero-order valence-corrected chi connectivity index (χ0v) is 40.2. The van der Waals surface area contributed by atoms with Crippen LogP contribution in [0.4, 0.5) is 5.82 Å². The fraction of sp³-hybridized carbons (Fsp3) is 0.720. The number of aromatic nitrogens is 1. The lowest BCUT2D eigenvalue weighted by molar-refractivity contribution is -0.302. The molecule has 16 heteroatoms. The number of allylic oxidation sites excluding steroid dienone is 3. The maximum Gasteiger partial charge on any atom is 0.329 e. The number of cyclic esters (lactones) is 1. The number of methoxy groups -OCH3 is 3. The molecule has 5 rings (SSSR count). The number of aliphatic hydroxyl groups excluding tert-OH is 2. The van der Waals surface area contributed by atoms with Crippen molar-refractivity contribution < 1.29 is 63.0 Å². The largest absolute Gasteiger partial charge is 0.456 e. The van der Waals surface area contributed by atoms with E-state index in [0.29, 0.717) is 69.2 Å². The molecule has 0 aromatic carbocycles. The normalized spacial score (nSPS) is 36.9. The van der Waals surface area contributed by atoms with Crippen LogP contribution in [0.1, 0.15) is 118 Å². The van der Waals surface area contributed by atoms with Crippen LogP contribution in [-0.2, 0) is 47.7 Å². The first-order chi connectivity index (χ1) is 31.4. The molecule has 1 aromatic heterocycles. The summed E-state index contributed by atoms with van der Waals surface area (Å²) >= 11 is 0. The molecular formula is C50H75N3O13. The van der Waals surface area contributed by atoms with E-state index in [2.05, 4.69) is 10.3 Å². The highest BCUT2D eigenvalue weighted by molar-refractivity contribution is 6.39. The van der Waals surface area contributed by atoms with Gasteiger partial charge in [0.2, 0.25) is 11.7 Å². The van der Waals surface area contributed by atoms with Gasteiger partial charge in [0.15, 0.2) is 0 Å². The highest BCUT2D eigenvalue weighted by atomic mass is 16.7. The van der Waals surface area contributed by atoms with Gasteiger partial charge in [0, 0.05) is 64.7 Å². The van der Waals surface area contributed by atoms with Crippen LogP contribution < -0.4 is 5.32 Å². The Hall–Kier alpha value is -3.90. The molecule has 4 heterocycles. The Kier molecular flexibility index (Phi) is 19.6. The number of anilines is 1. The van der Waals surface area contributed by atoms with Crippen LogP contribution in [0, 0.1) is 29.6 Å². The van der Waals surface area contributed by atoms with Gasteiger partial charge in [0.05, 0.1) is 30.5 Å². The number of piperidine rings is 1. The second-order valence-corrected chi connectivity index (χ2v) is 19.4. The number of nitrogens with zero attached hydrogens (tertiary/aromatic N) is 2. The summed E-state index contributed by atoms with van der Waals surface area (Å²) in [4.78, 5) is 75.8. The number of fused-ring (bicyclic) bond motifs is 3. The summed E-state index contributed by atoms with van der Waals surface area (Å²) in [5.41, 5.74) is 1.52. The highest BCUT2D eigenvalue weighted by Crippen LogP contribution is 2.39. The molecule has 4 aliphatic rings. The molecule has 66 heavy (non-hydrogen) atoms. The number of hydrogen-bond acceptors (Lipinski definition) is 14. The maximum atomic E-state index is 14.5. The van der Waals surface area contributed by atoms with Gasteiger partial charge in [0.1, 0.15) is 29.9 Å². The summed E-state index contributed by atoms with van der Waals surface area (Å²) < 4.78 is 30.0. The average molecular weight is 926 g/mol. The lowest BCUT2D eigenvalue weighted by Gasteiger charge is -2.47. The molecule has 0 radical (unpaired) electrons. The molecule has 368 valence electrons. The first kappa shape index (κ1) is 53.1. The van der Waals surface area contributed by atoms with E-state index in [0.717, 1.165) is 5.57 Å². The van der Waals surface area contributed by atoms with E-state index in [9.17, 15) is 39.3 Å². The van der Waals surface area contributed by atoms with Crippen LogP contribution in [0.15, 0.2) is 47.7 Å². The van der Waals surface area contributed by atoms with Crippen molar-refractivity contribution in [3.63, 3.8) is 0 Å². The number of ketones is 2. The summed E-state index contributed by atoms with van der Waals surface area (Å²) in [6.07, 6.45) is 4.54. The smallest absolute Gasteiger partial charge is 0.329 e. The minimum Gasteiger partial charge on any atom is -0.456 e. The molecule has 1 aromatic rings. The first-order valence-electron chi connectivity index (χ1n) is 23.9. The Labute approximate surface area is 390 Å². The van der Waals surface area contributed by atoms with E-state index < -0.39 is 90.0 Å². The Balaban J connectivity index is 1.52. The van der Waals surface area contributed by atoms with Gasteiger partial charge in [-0.15, -0.1) is 0 Å². The molecule has 2 saturated heterocycles. The summed E-state index contributed by atoms with van der Waals surface area (Å²) in [7, 11) is 4.58. The summed E-state index contributed by atoms with van der Waals surface area (Å²) in [5.74, 6) is -8.08. The zero-order chi connectivity index (χ0) is 48.3. The van der Waals surface area contributed by atoms with Crippen molar-refractivity contribution >= 4 is 35.2 Å². The Morgan fingerprint density at radius 1 is 0.939 bits per heavy atom. The average Bonchev–Trinajstić information content (AvgIpc) is 3.30. The van der Waals surface area contributed by atoms with Crippen molar-refractivity contribution in [1.29, 1.82) is 0 Å². The van der Waals surface area contributed by atoms with Gasteiger partial charge in [0.25, 0.3) is 11.7 Å². The topological polar surface area (TPSA) is 220 Å². The number of Topliss-reactive ketones (excluding diaryl/α,β-unsaturated/α-hetero) is 2. The zero-order valence-electron chi connectivity index (χ0n) is 40.2. The van der Waals surface area contributed by atoms with Gasteiger partial charge in [-0.2, -0.15) is 0 Å². The molecule has 2 bridgehead atoms. The summed E-state index contributed by atoms with van der Waals surface area (Å²) in [5, 5.41) is 37.4. The molecule has 2 amide bonds. The van der Waals surface area contributed by atoms with E-state index in [1.165, 1.54) is 19.1 Å². The minimum atomic E-state index is -2.55. The van der Waals surface area contributed by atoms with Gasteiger partial charge < -0.3 is 49.2 Å². The third-order valence-electron chi connectivity index (χ3n) is 14.3. The number of rotatable bonds is 10. The predicted octanol–water partition coefficient (Wildman–Crippen LogP) is 5.27. The van der Waals surface area contributed by atoms with E-state index in [4.69, 9.17) is 23.7 Å². The number of pyridine rings is 1. The van der Waals surface area contributed by atoms with E-state index in [1.807, 2.05) is 26.0 Å². The Morgan fingerprint density at radius 3 is 2.33 bits per heavy atom. The third kappa shape index (κ3) is 13.4. The highest BCUT2D eigenvalue weighted by Gasteiger charge is 2.56. The van der Waals surface area contributed by atoms with E-state index in [-0.39, 0.29) is 55.8 Å². The van der Waals surface area contributed by atoms with Gasteiger partial charge in [-0.1, -0.05) is 44.6 Å². The van der Waals surface area contributed by atoms with Crippen LogP contribution in [0.5, 0.6) is 0 Å². The standard InChI is InChI=1S/C50H75N3O13/c1-29-22-30(2)24-41(63-7)46-42(64-8)26-32(4)50(61,66-46)47(58)48(59)53-21-12-10-15-36(53)49(60)65-45(31(3)25-34-18-19-37(54)40(27-34)62-6)33(5)38(55)28-39(56)35(23-29)14-13-17-44(57)52-43-16-9-11-20-51-43/h9,11,16,20,23,25,30,32-38,40-42,45-46,54-55,61H,10,12-15,17-19,21-22,24,26-28H2,1-8H3,(H,51,52,57)/b29-23+,31-25+/t30-,32+,33+,34-,35+,36-,37+,38-,40+,41-,42-,45+,46+,50+/m0/s1. The number of aliphatic hydroxyl groups is 3. The van der Waals surface area contributed by atoms with Crippen LogP contribution in [0.2, 0.25) is 0 Å². The molecule has 1 saturated carbocycles. The van der Waals surface area contributed by atoms with Crippen molar-refractivity contribution in [2.24, 2.45) is 29.6 Å². The quantitative estimate of drug-likeness (QED) is 0.134. The number of carbonyl (C=O) groups is 5. The molecular weight excluding hydrogens is 851 g/mol. The number of esters is 1. The minimum absolute atomic E-state index is 0.0502. The predicted molar refractivity (Wildman–Crippen MR) is 244 cm³/mol. The third-order valence-corrected chi connectivity index (χ3v) is 14.3. The molecule has 1 aliphatic carbocycles. The van der Waals surface area contributed by atoms with Gasteiger partial charge in [-0.05, 0) is 114 Å². The SMILES string of the molecule is CO[C@H]1C[C@@H](C)C/C(C)=C/[C@@H](CCCC(=O)Nc2ccccn2)C(=O)C[C@H](O)[C@@H](C)[C@@H](/C(C)=C/[C@@H]2CC[C@@H](O)[C@H](OC)C2)OC(=O)[C@@H]2CCCCN2C(=O)C(=O)[C@]2(O)O[C@H]1[C@@H](OC)C[C@H]2C. The van der Waals surface area contributed by atoms with Crippen molar-refractivity contribution in [3.05, 3.63) is 47.7 Å². The number of hydrogen-bond donors (Lipinski definition) is 4. The lowest BCUT2D eigenvalue weighted by Crippen LogP contribution is -2.64. The van der Waals surface area contributed by atoms with Crippen molar-refractivity contribution in [1.82, 2.24) is 9.88 Å². The van der Waals surface area contributed by atoms with Crippen LogP contribution in [0.3, 0.4) is 0 Å². The van der Waals surface area contributed by atoms with E-state index in [1.54, 1.807) is 52.3 Å². The fourth-order valence-electron chi connectivity index (χ4n) is 10.4. The maximum absolute atomic E-state index is 14.5. The van der Waals surface area contributed by atoms with Crippen molar-refractivity contribution in [3.8, 4) is 0 Å². The van der Waals surface area contributed by atoms with Gasteiger partial charge >= 0.3 is 5.97 Å². The van der Waals surface area contributed by atoms with Crippen LogP contribution in [-0.4, -0.2) is 137 Å². The van der Waals surface area contributed by atoms with E-state index >= 15 is 0 Å². The number of amides is 2. The van der Waals surface area contributed by atoms with Gasteiger partial charge in [-0.25, -0.2) is 9.78 Å². The van der Waals surface area contributed by atoms with Crippen molar-refractivity contribution in [2.45, 2.75) is 173 Å². The molecule has 14 atom stereocenters. The number of ether oxygens (including phenoxy) is 5. The molecule has 3 aliphatic heterocycles. The van der Waals surface area contributed by atoms with Crippen LogP contribution in [0.25, 0.3) is 0 Å². The van der Waals surface area contributed by atoms with Gasteiger partial charge in [-0.3, -0.25) is 19.2 Å². The summed E-state index contributed by atoms with van der Waals surface area (Å²) in [6.45, 7) is 9.14. The number of nitrogens with one attached hydrogen (secondary N) is 1. The Morgan fingerprint density at radius 2 is 1.65 bits per heavy atom. The Bertz CT molecular complexity index is 1880. The van der Waals surface area contributed by atoms with Crippen LogP contribution >= 0.6 is 0 Å². The summed E-state index contributed by atoms with van der Waals surface area (Å²) in [6, 6.07) is 4.04.